The van der Waals surface area contributed by atoms with Crippen LogP contribution in [0.1, 0.15) is 36.2 Å². The quantitative estimate of drug-likeness (QED) is 0.675. The molecule has 1 aromatic heterocycles. The summed E-state index contributed by atoms with van der Waals surface area (Å²) in [6, 6.07) is 1.62. The molecule has 0 bridgehead atoms. The second kappa shape index (κ2) is 5.72. The molecule has 5 heteroatoms. The summed E-state index contributed by atoms with van der Waals surface area (Å²) in [5, 5.41) is 2.79. The van der Waals surface area contributed by atoms with Gasteiger partial charge in [0.15, 0.2) is 0 Å². The summed E-state index contributed by atoms with van der Waals surface area (Å²) in [5.74, 6) is -0.142. The predicted molar refractivity (Wildman–Crippen MR) is 65.7 cm³/mol. The maximum Gasteiger partial charge on any atom is 0.267 e. The largest absolute Gasteiger partial charge is 0.397 e. The van der Waals surface area contributed by atoms with E-state index >= 15 is 0 Å². The molecule has 5 nitrogen and oxygen atoms in total. The highest BCUT2D eigenvalue weighted by Crippen LogP contribution is 2.20. The Labute approximate surface area is 101 Å². The van der Waals surface area contributed by atoms with Gasteiger partial charge in [-0.3, -0.25) is 4.79 Å². The smallest absolute Gasteiger partial charge is 0.267 e. The number of aromatic nitrogens is 1. The fraction of sp³-hybridized carbons (Fsp3) is 0.583. The zero-order chi connectivity index (χ0) is 12.1. The molecule has 1 aromatic rings. The van der Waals surface area contributed by atoms with Crippen LogP contribution in [0.4, 0.5) is 5.69 Å². The number of ether oxygens (including phenoxy) is 1. The van der Waals surface area contributed by atoms with Crippen molar-refractivity contribution in [3.8, 4) is 0 Å². The first-order valence-corrected chi connectivity index (χ1v) is 6.09. The Kier molecular flexibility index (Phi) is 4.03. The Morgan fingerprint density at radius 2 is 2.29 bits per heavy atom. The minimum absolute atomic E-state index is 0.142. The van der Waals surface area contributed by atoms with E-state index in [-0.39, 0.29) is 5.91 Å². The molecule has 0 spiro atoms. The van der Waals surface area contributed by atoms with E-state index in [1.54, 1.807) is 12.3 Å². The molecule has 0 radical (unpaired) electrons. The number of hydrogen-bond acceptors (Lipinski definition) is 3. The summed E-state index contributed by atoms with van der Waals surface area (Å²) in [5.41, 5.74) is 6.57. The number of carbonyl (C=O) groups excluding carboxylic acids is 1. The van der Waals surface area contributed by atoms with Gasteiger partial charge < -0.3 is 20.8 Å². The molecule has 0 saturated heterocycles. The molecule has 1 amide bonds. The molecule has 4 N–H and O–H groups in total. The molecule has 1 heterocycles. The van der Waals surface area contributed by atoms with Crippen molar-refractivity contribution in [1.82, 2.24) is 10.3 Å². The summed E-state index contributed by atoms with van der Waals surface area (Å²) in [7, 11) is 0. The SMILES string of the molecule is Nc1c[nH]c(C(=O)NCCOC2CCCC2)c1. The van der Waals surface area contributed by atoms with Crippen LogP contribution in [0.15, 0.2) is 12.3 Å². The predicted octanol–water partition coefficient (Wildman–Crippen LogP) is 1.29. The first-order valence-electron chi connectivity index (χ1n) is 6.09. The number of H-pyrrole nitrogens is 1. The molecule has 1 saturated carbocycles. The van der Waals surface area contributed by atoms with Crippen molar-refractivity contribution >= 4 is 11.6 Å². The first kappa shape index (κ1) is 12.0. The lowest BCUT2D eigenvalue weighted by molar-refractivity contribution is 0.0581. The van der Waals surface area contributed by atoms with Crippen LogP contribution in [0.25, 0.3) is 0 Å². The molecule has 0 aromatic carbocycles. The molecular weight excluding hydrogens is 218 g/mol. The van der Waals surface area contributed by atoms with Crippen LogP contribution in [-0.4, -0.2) is 30.1 Å². The van der Waals surface area contributed by atoms with Crippen molar-refractivity contribution in [1.29, 1.82) is 0 Å². The van der Waals surface area contributed by atoms with Gasteiger partial charge in [0.1, 0.15) is 5.69 Å². The van der Waals surface area contributed by atoms with Gasteiger partial charge in [0, 0.05) is 18.4 Å². The van der Waals surface area contributed by atoms with E-state index in [9.17, 15) is 4.79 Å². The van der Waals surface area contributed by atoms with Crippen molar-refractivity contribution in [2.24, 2.45) is 0 Å². The van der Waals surface area contributed by atoms with Crippen molar-refractivity contribution in [3.63, 3.8) is 0 Å². The number of nitrogen functional groups attached to an aromatic ring is 1. The second-order valence-electron chi connectivity index (χ2n) is 4.38. The molecule has 0 unspecified atom stereocenters. The van der Waals surface area contributed by atoms with E-state index in [1.165, 1.54) is 12.8 Å². The van der Waals surface area contributed by atoms with Crippen molar-refractivity contribution in [2.45, 2.75) is 31.8 Å². The van der Waals surface area contributed by atoms with Gasteiger partial charge in [-0.1, -0.05) is 12.8 Å². The average Bonchev–Trinajstić information content (AvgIpc) is 2.95. The highest BCUT2D eigenvalue weighted by Gasteiger charge is 2.15. The molecule has 1 fully saturated rings. The number of nitrogens with one attached hydrogen (secondary N) is 2. The molecule has 17 heavy (non-hydrogen) atoms. The van der Waals surface area contributed by atoms with Gasteiger partial charge in [0.25, 0.3) is 5.91 Å². The van der Waals surface area contributed by atoms with Gasteiger partial charge in [-0.2, -0.15) is 0 Å². The second-order valence-corrected chi connectivity index (χ2v) is 4.38. The highest BCUT2D eigenvalue weighted by atomic mass is 16.5. The van der Waals surface area contributed by atoms with Crippen LogP contribution in [-0.2, 0) is 4.74 Å². The van der Waals surface area contributed by atoms with Crippen molar-refractivity contribution < 1.29 is 9.53 Å². The fourth-order valence-corrected chi connectivity index (χ4v) is 2.08. The number of rotatable bonds is 5. The minimum Gasteiger partial charge on any atom is -0.397 e. The zero-order valence-corrected chi connectivity index (χ0v) is 9.87. The Morgan fingerprint density at radius 3 is 2.94 bits per heavy atom. The van der Waals surface area contributed by atoms with Crippen LogP contribution in [0.3, 0.4) is 0 Å². The number of anilines is 1. The zero-order valence-electron chi connectivity index (χ0n) is 9.87. The van der Waals surface area contributed by atoms with Crippen LogP contribution in [0.2, 0.25) is 0 Å². The van der Waals surface area contributed by atoms with E-state index in [0.29, 0.717) is 30.6 Å². The van der Waals surface area contributed by atoms with Crippen LogP contribution >= 0.6 is 0 Å². The highest BCUT2D eigenvalue weighted by molar-refractivity contribution is 5.93. The lowest BCUT2D eigenvalue weighted by atomic mass is 10.3. The minimum atomic E-state index is -0.142. The van der Waals surface area contributed by atoms with Gasteiger partial charge in [-0.05, 0) is 18.9 Å². The molecule has 94 valence electrons. The molecule has 1 aliphatic carbocycles. The number of aromatic amines is 1. The summed E-state index contributed by atoms with van der Waals surface area (Å²) < 4.78 is 5.64. The standard InChI is InChI=1S/C12H19N3O2/c13-9-7-11(15-8-9)12(16)14-5-6-17-10-3-1-2-4-10/h7-8,10,15H,1-6,13H2,(H,14,16). The summed E-state index contributed by atoms with van der Waals surface area (Å²) in [6.45, 7) is 1.11. The molecular formula is C12H19N3O2. The molecule has 0 aliphatic heterocycles. The third-order valence-electron chi connectivity index (χ3n) is 2.99. The maximum absolute atomic E-state index is 11.6. The number of hydrogen-bond donors (Lipinski definition) is 3. The van der Waals surface area contributed by atoms with Gasteiger partial charge in [0.05, 0.1) is 12.7 Å². The average molecular weight is 237 g/mol. The van der Waals surface area contributed by atoms with E-state index in [4.69, 9.17) is 10.5 Å². The van der Waals surface area contributed by atoms with E-state index in [1.807, 2.05) is 0 Å². The van der Waals surface area contributed by atoms with Gasteiger partial charge in [-0.15, -0.1) is 0 Å². The third-order valence-corrected chi connectivity index (χ3v) is 2.99. The van der Waals surface area contributed by atoms with Crippen LogP contribution in [0.5, 0.6) is 0 Å². The lowest BCUT2D eigenvalue weighted by Gasteiger charge is -2.11. The van der Waals surface area contributed by atoms with E-state index in [2.05, 4.69) is 10.3 Å². The molecule has 0 atom stereocenters. The Hall–Kier alpha value is -1.49. The lowest BCUT2D eigenvalue weighted by Crippen LogP contribution is -2.28. The Balaban J connectivity index is 1.63. The van der Waals surface area contributed by atoms with Crippen LogP contribution < -0.4 is 11.1 Å². The Morgan fingerprint density at radius 1 is 1.53 bits per heavy atom. The fourth-order valence-electron chi connectivity index (χ4n) is 2.08. The molecule has 2 rings (SSSR count). The monoisotopic (exact) mass is 237 g/mol. The van der Waals surface area contributed by atoms with Gasteiger partial charge in [0.2, 0.25) is 0 Å². The van der Waals surface area contributed by atoms with Gasteiger partial charge >= 0.3 is 0 Å². The summed E-state index contributed by atoms with van der Waals surface area (Å²) >= 11 is 0. The third kappa shape index (κ3) is 3.49. The molecule has 1 aliphatic rings. The van der Waals surface area contributed by atoms with E-state index < -0.39 is 0 Å². The summed E-state index contributed by atoms with van der Waals surface area (Å²) in [4.78, 5) is 14.4. The normalized spacial score (nSPS) is 16.2. The van der Waals surface area contributed by atoms with Crippen molar-refractivity contribution in [2.75, 3.05) is 18.9 Å². The number of carbonyl (C=O) groups is 1. The number of amides is 1. The Bertz CT molecular complexity index is 370. The van der Waals surface area contributed by atoms with Crippen molar-refractivity contribution in [3.05, 3.63) is 18.0 Å². The number of nitrogens with two attached hydrogens (primary N) is 1. The van der Waals surface area contributed by atoms with Crippen LogP contribution in [0, 0.1) is 0 Å². The topological polar surface area (TPSA) is 80.1 Å². The van der Waals surface area contributed by atoms with Gasteiger partial charge in [-0.25, -0.2) is 0 Å². The van der Waals surface area contributed by atoms with E-state index in [0.717, 1.165) is 12.8 Å². The maximum atomic E-state index is 11.6. The first-order chi connectivity index (χ1) is 8.25. The summed E-state index contributed by atoms with van der Waals surface area (Å²) in [6.07, 6.45) is 6.83.